The molecule has 0 aliphatic carbocycles. The third-order valence-corrected chi connectivity index (χ3v) is 2.42. The number of thiazole rings is 1. The lowest BCUT2D eigenvalue weighted by Gasteiger charge is -1.82. The van der Waals surface area contributed by atoms with E-state index in [1.54, 1.807) is 24.1 Å². The summed E-state index contributed by atoms with van der Waals surface area (Å²) in [5, 5.41) is 8.15. The van der Waals surface area contributed by atoms with Crippen LogP contribution in [0.15, 0.2) is 12.4 Å². The molecule has 0 saturated carbocycles. The van der Waals surface area contributed by atoms with Gasteiger partial charge in [-0.15, -0.1) is 16.4 Å². The van der Waals surface area contributed by atoms with Crippen LogP contribution in [-0.4, -0.2) is 26.3 Å². The molecule has 0 amide bonds. The van der Waals surface area contributed by atoms with Gasteiger partial charge in [-0.2, -0.15) is 0 Å². The van der Waals surface area contributed by atoms with Gasteiger partial charge in [0.05, 0.1) is 11.1 Å². The van der Waals surface area contributed by atoms with E-state index in [2.05, 4.69) is 15.3 Å². The molecule has 0 N–H and O–H groups in total. The lowest BCUT2D eigenvalue weighted by Crippen LogP contribution is -1.85. The van der Waals surface area contributed by atoms with Gasteiger partial charge in [-0.25, -0.2) is 4.98 Å². The quantitative estimate of drug-likeness (QED) is 0.662. The molecule has 0 unspecified atom stereocenters. The number of carbonyl (C=O) groups is 1. The predicted octanol–water partition coefficient (Wildman–Crippen LogP) is 0.751. The first kappa shape index (κ1) is 8.06. The van der Waals surface area contributed by atoms with Crippen molar-refractivity contribution in [3.05, 3.63) is 17.4 Å². The summed E-state index contributed by atoms with van der Waals surface area (Å²) in [6.45, 7) is 0. The van der Waals surface area contributed by atoms with Crippen molar-refractivity contribution in [2.75, 3.05) is 0 Å². The second-order valence-electron chi connectivity index (χ2n) is 2.46. The highest BCUT2D eigenvalue weighted by molar-refractivity contribution is 7.16. The number of hydrogen-bond donors (Lipinski definition) is 0. The van der Waals surface area contributed by atoms with Crippen LogP contribution in [0.3, 0.4) is 0 Å². The molecule has 66 valence electrons. The molecule has 0 radical (unpaired) electrons. The van der Waals surface area contributed by atoms with E-state index in [0.717, 1.165) is 16.9 Å². The van der Waals surface area contributed by atoms with E-state index in [0.29, 0.717) is 5.01 Å². The van der Waals surface area contributed by atoms with Gasteiger partial charge in [-0.3, -0.25) is 9.48 Å². The van der Waals surface area contributed by atoms with E-state index in [4.69, 9.17) is 0 Å². The molecule has 0 aliphatic heterocycles. The van der Waals surface area contributed by atoms with E-state index in [1.165, 1.54) is 11.3 Å². The minimum atomic E-state index is 0.459. The molecule has 2 rings (SSSR count). The Morgan fingerprint density at radius 1 is 1.62 bits per heavy atom. The molecule has 5 nitrogen and oxygen atoms in total. The Balaban J connectivity index is 2.40. The van der Waals surface area contributed by atoms with Gasteiger partial charge in [0.2, 0.25) is 0 Å². The molecular formula is C7H6N4OS. The number of rotatable bonds is 2. The van der Waals surface area contributed by atoms with E-state index in [1.807, 2.05) is 0 Å². The van der Waals surface area contributed by atoms with Gasteiger partial charge < -0.3 is 0 Å². The number of aromatic nitrogens is 4. The Hall–Kier alpha value is -1.56. The Kier molecular flexibility index (Phi) is 1.90. The molecule has 0 fully saturated rings. The van der Waals surface area contributed by atoms with Crippen molar-refractivity contribution >= 4 is 17.6 Å². The zero-order valence-corrected chi connectivity index (χ0v) is 7.65. The first-order valence-corrected chi connectivity index (χ1v) is 4.39. The van der Waals surface area contributed by atoms with E-state index in [-0.39, 0.29) is 0 Å². The second kappa shape index (κ2) is 3.06. The van der Waals surface area contributed by atoms with Crippen LogP contribution in [0.4, 0.5) is 0 Å². The fraction of sp³-hybridized carbons (Fsp3) is 0.143. The third-order valence-electron chi connectivity index (χ3n) is 1.48. The van der Waals surface area contributed by atoms with Crippen LogP contribution in [0.1, 0.15) is 9.80 Å². The smallest absolute Gasteiger partial charge is 0.178 e. The SMILES string of the molecule is Cn1cc(-c2cnc(C=O)s2)nn1. The topological polar surface area (TPSA) is 60.7 Å². The highest BCUT2D eigenvalue weighted by atomic mass is 32.1. The summed E-state index contributed by atoms with van der Waals surface area (Å²) < 4.78 is 1.61. The standard InChI is InChI=1S/C7H6N4OS/c1-11-3-5(9-10-11)6-2-8-7(4-12)13-6/h2-4H,1H3. The van der Waals surface area contributed by atoms with Crippen LogP contribution in [0.5, 0.6) is 0 Å². The second-order valence-corrected chi connectivity index (χ2v) is 3.52. The zero-order chi connectivity index (χ0) is 9.26. The van der Waals surface area contributed by atoms with Crippen LogP contribution in [0.2, 0.25) is 0 Å². The van der Waals surface area contributed by atoms with Crippen molar-refractivity contribution in [1.82, 2.24) is 20.0 Å². The summed E-state index contributed by atoms with van der Waals surface area (Å²) in [5.41, 5.74) is 0.744. The van der Waals surface area contributed by atoms with Crippen LogP contribution in [0.25, 0.3) is 10.6 Å². The molecule has 6 heteroatoms. The van der Waals surface area contributed by atoms with Crippen LogP contribution >= 0.6 is 11.3 Å². The molecule has 0 aromatic carbocycles. The molecule has 2 aromatic rings. The molecular weight excluding hydrogens is 188 g/mol. The molecule has 0 bridgehead atoms. The van der Waals surface area contributed by atoms with Gasteiger partial charge in [0, 0.05) is 13.2 Å². The van der Waals surface area contributed by atoms with Gasteiger partial charge in [-0.05, 0) is 0 Å². The maximum atomic E-state index is 10.4. The summed E-state index contributed by atoms with van der Waals surface area (Å²) in [6.07, 6.45) is 4.13. The van der Waals surface area contributed by atoms with Crippen LogP contribution in [0, 0.1) is 0 Å². The fourth-order valence-electron chi connectivity index (χ4n) is 0.921. The monoisotopic (exact) mass is 194 g/mol. The number of aryl methyl sites for hydroxylation is 1. The summed E-state index contributed by atoms with van der Waals surface area (Å²) in [4.78, 5) is 15.1. The number of hydrogen-bond acceptors (Lipinski definition) is 5. The Morgan fingerprint density at radius 3 is 3.00 bits per heavy atom. The number of nitrogens with zero attached hydrogens (tertiary/aromatic N) is 4. The van der Waals surface area contributed by atoms with Crippen molar-refractivity contribution in [3.8, 4) is 10.6 Å². The Morgan fingerprint density at radius 2 is 2.46 bits per heavy atom. The molecule has 2 heterocycles. The maximum absolute atomic E-state index is 10.4. The van der Waals surface area contributed by atoms with Crippen LogP contribution < -0.4 is 0 Å². The van der Waals surface area contributed by atoms with Crippen LogP contribution in [-0.2, 0) is 7.05 Å². The summed E-state index contributed by atoms with van der Waals surface area (Å²) in [6, 6.07) is 0. The average Bonchev–Trinajstić information content (AvgIpc) is 2.71. The summed E-state index contributed by atoms with van der Waals surface area (Å²) in [7, 11) is 1.79. The van der Waals surface area contributed by atoms with Crippen molar-refractivity contribution in [2.24, 2.45) is 7.05 Å². The molecule has 0 spiro atoms. The van der Waals surface area contributed by atoms with Gasteiger partial charge in [0.1, 0.15) is 5.69 Å². The molecule has 0 atom stereocenters. The molecule has 2 aromatic heterocycles. The van der Waals surface area contributed by atoms with Gasteiger partial charge >= 0.3 is 0 Å². The largest absolute Gasteiger partial charge is 0.295 e. The van der Waals surface area contributed by atoms with Crippen molar-refractivity contribution in [1.29, 1.82) is 0 Å². The van der Waals surface area contributed by atoms with Crippen molar-refractivity contribution in [2.45, 2.75) is 0 Å². The first-order chi connectivity index (χ1) is 6.29. The highest BCUT2D eigenvalue weighted by Crippen LogP contribution is 2.22. The molecule has 0 saturated heterocycles. The normalized spacial score (nSPS) is 10.2. The summed E-state index contributed by atoms with van der Waals surface area (Å²) >= 11 is 1.30. The zero-order valence-electron chi connectivity index (χ0n) is 6.84. The Labute approximate surface area is 78.0 Å². The molecule has 13 heavy (non-hydrogen) atoms. The van der Waals surface area contributed by atoms with Gasteiger partial charge in [0.25, 0.3) is 0 Å². The third kappa shape index (κ3) is 1.48. The van der Waals surface area contributed by atoms with Crippen molar-refractivity contribution in [3.63, 3.8) is 0 Å². The predicted molar refractivity (Wildman–Crippen MR) is 47.5 cm³/mol. The Bertz CT molecular complexity index is 433. The van der Waals surface area contributed by atoms with Gasteiger partial charge in [0.15, 0.2) is 11.3 Å². The maximum Gasteiger partial charge on any atom is 0.178 e. The lowest BCUT2D eigenvalue weighted by molar-refractivity contribution is 0.112. The average molecular weight is 194 g/mol. The number of aldehydes is 1. The fourth-order valence-corrected chi connectivity index (χ4v) is 1.60. The minimum Gasteiger partial charge on any atom is -0.295 e. The van der Waals surface area contributed by atoms with Gasteiger partial charge in [-0.1, -0.05) is 5.21 Å². The van der Waals surface area contributed by atoms with E-state index >= 15 is 0 Å². The first-order valence-electron chi connectivity index (χ1n) is 3.57. The summed E-state index contributed by atoms with van der Waals surface area (Å²) in [5.74, 6) is 0. The lowest BCUT2D eigenvalue weighted by atomic mass is 10.4. The van der Waals surface area contributed by atoms with E-state index in [9.17, 15) is 4.79 Å². The van der Waals surface area contributed by atoms with Crippen molar-refractivity contribution < 1.29 is 4.79 Å². The highest BCUT2D eigenvalue weighted by Gasteiger charge is 2.06. The van der Waals surface area contributed by atoms with E-state index < -0.39 is 0 Å². The minimum absolute atomic E-state index is 0.459. The number of carbonyl (C=O) groups excluding carboxylic acids is 1. The molecule has 0 aliphatic rings.